The zero-order valence-corrected chi connectivity index (χ0v) is 10.7. The number of carbonyl (C=O) groups excluding carboxylic acids is 1. The maximum absolute atomic E-state index is 13.3. The number of carboxylic acids is 1. The molecule has 0 bridgehead atoms. The molecule has 19 heavy (non-hydrogen) atoms. The summed E-state index contributed by atoms with van der Waals surface area (Å²) in [4.78, 5) is 22.4. The third-order valence-electron chi connectivity index (χ3n) is 2.71. The van der Waals surface area contributed by atoms with Gasteiger partial charge in [-0.2, -0.15) is 0 Å². The normalized spacial score (nSPS) is 11.2. The van der Waals surface area contributed by atoms with Gasteiger partial charge in [-0.05, 0) is 26.0 Å². The predicted molar refractivity (Wildman–Crippen MR) is 64.5 cm³/mol. The SMILES string of the molecule is CC(C)(CNC(=O)Cc1c(F)cccc1F)C(=O)O. The van der Waals surface area contributed by atoms with Crippen LogP contribution in [0.3, 0.4) is 0 Å². The van der Waals surface area contributed by atoms with E-state index in [1.807, 2.05) is 0 Å². The van der Waals surface area contributed by atoms with E-state index in [0.717, 1.165) is 12.1 Å². The lowest BCUT2D eigenvalue weighted by Crippen LogP contribution is -2.39. The Bertz CT molecular complexity index is 480. The van der Waals surface area contributed by atoms with Gasteiger partial charge in [0, 0.05) is 12.1 Å². The number of carbonyl (C=O) groups is 2. The largest absolute Gasteiger partial charge is 0.481 e. The number of hydrogen-bond donors (Lipinski definition) is 2. The average molecular weight is 271 g/mol. The monoisotopic (exact) mass is 271 g/mol. The number of carboxylic acid groups (broad SMARTS) is 1. The molecular formula is C13H15F2NO3. The van der Waals surface area contributed by atoms with E-state index in [0.29, 0.717) is 0 Å². The summed E-state index contributed by atoms with van der Waals surface area (Å²) in [5.74, 6) is -3.29. The first-order valence-electron chi connectivity index (χ1n) is 5.67. The van der Waals surface area contributed by atoms with Crippen molar-refractivity contribution < 1.29 is 23.5 Å². The lowest BCUT2D eigenvalue weighted by atomic mass is 9.94. The molecular weight excluding hydrogens is 256 g/mol. The number of hydrogen-bond acceptors (Lipinski definition) is 2. The topological polar surface area (TPSA) is 66.4 Å². The number of amides is 1. The summed E-state index contributed by atoms with van der Waals surface area (Å²) in [7, 11) is 0. The van der Waals surface area contributed by atoms with Crippen LogP contribution in [-0.2, 0) is 16.0 Å². The lowest BCUT2D eigenvalue weighted by Gasteiger charge is -2.19. The smallest absolute Gasteiger partial charge is 0.310 e. The van der Waals surface area contributed by atoms with E-state index >= 15 is 0 Å². The molecule has 0 unspecified atom stereocenters. The Morgan fingerprint density at radius 1 is 1.26 bits per heavy atom. The molecule has 0 aliphatic carbocycles. The highest BCUT2D eigenvalue weighted by molar-refractivity contribution is 5.80. The lowest BCUT2D eigenvalue weighted by molar-refractivity contribution is -0.146. The van der Waals surface area contributed by atoms with Crippen LogP contribution in [0.25, 0.3) is 0 Å². The van der Waals surface area contributed by atoms with Crippen molar-refractivity contribution in [1.29, 1.82) is 0 Å². The fourth-order valence-electron chi connectivity index (χ4n) is 1.32. The number of rotatable bonds is 5. The second-order valence-corrected chi connectivity index (χ2v) is 4.84. The summed E-state index contributed by atoms with van der Waals surface area (Å²) < 4.78 is 26.6. The first-order valence-corrected chi connectivity index (χ1v) is 5.67. The maximum atomic E-state index is 13.3. The van der Waals surface area contributed by atoms with Crippen LogP contribution in [0.15, 0.2) is 18.2 Å². The molecule has 0 aliphatic rings. The summed E-state index contributed by atoms with van der Waals surface area (Å²) in [6.45, 7) is 2.77. The molecule has 1 aromatic carbocycles. The molecule has 1 amide bonds. The van der Waals surface area contributed by atoms with Gasteiger partial charge in [-0.1, -0.05) is 6.07 Å². The fraction of sp³-hybridized carbons (Fsp3) is 0.385. The van der Waals surface area contributed by atoms with Gasteiger partial charge < -0.3 is 10.4 Å². The van der Waals surface area contributed by atoms with Crippen LogP contribution < -0.4 is 5.32 Å². The van der Waals surface area contributed by atoms with Crippen LogP contribution in [0.2, 0.25) is 0 Å². The van der Waals surface area contributed by atoms with Crippen LogP contribution in [0.5, 0.6) is 0 Å². The molecule has 0 spiro atoms. The second-order valence-electron chi connectivity index (χ2n) is 4.84. The van der Waals surface area contributed by atoms with Gasteiger partial charge in [-0.25, -0.2) is 8.78 Å². The predicted octanol–water partition coefficient (Wildman–Crippen LogP) is 1.73. The summed E-state index contributed by atoms with van der Waals surface area (Å²) in [6, 6.07) is 3.33. The first kappa shape index (κ1) is 15.1. The van der Waals surface area contributed by atoms with Gasteiger partial charge in [0.1, 0.15) is 11.6 Å². The van der Waals surface area contributed by atoms with Gasteiger partial charge >= 0.3 is 5.97 Å². The molecule has 0 saturated heterocycles. The van der Waals surface area contributed by atoms with Crippen molar-refractivity contribution in [2.75, 3.05) is 6.54 Å². The zero-order valence-electron chi connectivity index (χ0n) is 10.7. The van der Waals surface area contributed by atoms with Crippen LogP contribution in [0.1, 0.15) is 19.4 Å². The first-order chi connectivity index (χ1) is 8.74. The molecule has 104 valence electrons. The van der Waals surface area contributed by atoms with Crippen molar-refractivity contribution in [3.63, 3.8) is 0 Å². The second kappa shape index (κ2) is 5.77. The molecule has 4 nitrogen and oxygen atoms in total. The minimum atomic E-state index is -1.14. The highest BCUT2D eigenvalue weighted by Crippen LogP contribution is 2.15. The third kappa shape index (κ3) is 4.01. The van der Waals surface area contributed by atoms with E-state index in [-0.39, 0.29) is 12.1 Å². The molecule has 0 radical (unpaired) electrons. The van der Waals surface area contributed by atoms with Crippen LogP contribution in [-0.4, -0.2) is 23.5 Å². The number of aliphatic carboxylic acids is 1. The van der Waals surface area contributed by atoms with Crippen molar-refractivity contribution >= 4 is 11.9 Å². The van der Waals surface area contributed by atoms with Gasteiger partial charge in [0.05, 0.1) is 11.8 Å². The summed E-state index contributed by atoms with van der Waals surface area (Å²) in [5, 5.41) is 11.2. The molecule has 0 saturated carbocycles. The van der Waals surface area contributed by atoms with Crippen LogP contribution in [0, 0.1) is 17.0 Å². The van der Waals surface area contributed by atoms with Crippen molar-refractivity contribution in [2.45, 2.75) is 20.3 Å². The molecule has 1 aromatic rings. The Kier molecular flexibility index (Phi) is 4.58. The number of halogens is 2. The van der Waals surface area contributed by atoms with E-state index in [2.05, 4.69) is 5.32 Å². The van der Waals surface area contributed by atoms with E-state index in [1.54, 1.807) is 0 Å². The van der Waals surface area contributed by atoms with E-state index < -0.39 is 35.3 Å². The zero-order chi connectivity index (χ0) is 14.6. The molecule has 0 atom stereocenters. The van der Waals surface area contributed by atoms with Crippen molar-refractivity contribution in [2.24, 2.45) is 5.41 Å². The van der Waals surface area contributed by atoms with E-state index in [9.17, 15) is 18.4 Å². The number of benzene rings is 1. The Balaban J connectivity index is 2.64. The Hall–Kier alpha value is -1.98. The highest BCUT2D eigenvalue weighted by Gasteiger charge is 2.27. The van der Waals surface area contributed by atoms with E-state index in [4.69, 9.17) is 5.11 Å². The maximum Gasteiger partial charge on any atom is 0.310 e. The van der Waals surface area contributed by atoms with Gasteiger partial charge in [0.2, 0.25) is 5.91 Å². The number of nitrogens with one attached hydrogen (secondary N) is 1. The summed E-state index contributed by atoms with van der Waals surface area (Å²) >= 11 is 0. The molecule has 2 N–H and O–H groups in total. The molecule has 0 aliphatic heterocycles. The standard InChI is InChI=1S/C13H15F2NO3/c1-13(2,12(18)19)7-16-11(17)6-8-9(14)4-3-5-10(8)15/h3-5H,6-7H2,1-2H3,(H,16,17)(H,18,19). The Morgan fingerprint density at radius 3 is 2.26 bits per heavy atom. The van der Waals surface area contributed by atoms with Crippen molar-refractivity contribution in [3.8, 4) is 0 Å². The minimum absolute atomic E-state index is 0.114. The Labute approximate surface area is 109 Å². The quantitative estimate of drug-likeness (QED) is 0.857. The van der Waals surface area contributed by atoms with Crippen LogP contribution in [0.4, 0.5) is 8.78 Å². The van der Waals surface area contributed by atoms with Crippen molar-refractivity contribution in [3.05, 3.63) is 35.4 Å². The van der Waals surface area contributed by atoms with Gasteiger partial charge in [0.15, 0.2) is 0 Å². The van der Waals surface area contributed by atoms with Gasteiger partial charge in [-0.15, -0.1) is 0 Å². The summed E-state index contributed by atoms with van der Waals surface area (Å²) in [5.41, 5.74) is -1.46. The highest BCUT2D eigenvalue weighted by atomic mass is 19.1. The molecule has 0 aromatic heterocycles. The van der Waals surface area contributed by atoms with Gasteiger partial charge in [-0.3, -0.25) is 9.59 Å². The molecule has 0 fully saturated rings. The Morgan fingerprint density at radius 2 is 1.79 bits per heavy atom. The minimum Gasteiger partial charge on any atom is -0.481 e. The molecule has 0 heterocycles. The third-order valence-corrected chi connectivity index (χ3v) is 2.71. The average Bonchev–Trinajstić information content (AvgIpc) is 2.31. The fourth-order valence-corrected chi connectivity index (χ4v) is 1.32. The van der Waals surface area contributed by atoms with Crippen LogP contribution >= 0.6 is 0 Å². The van der Waals surface area contributed by atoms with E-state index in [1.165, 1.54) is 19.9 Å². The molecule has 6 heteroatoms. The summed E-state index contributed by atoms with van der Waals surface area (Å²) in [6.07, 6.45) is -0.464. The molecule has 1 rings (SSSR count). The van der Waals surface area contributed by atoms with Gasteiger partial charge in [0.25, 0.3) is 0 Å². The van der Waals surface area contributed by atoms with Crippen molar-refractivity contribution in [1.82, 2.24) is 5.32 Å².